The summed E-state index contributed by atoms with van der Waals surface area (Å²) in [7, 11) is 3.82. The van der Waals surface area contributed by atoms with Crippen LogP contribution < -0.4 is 10.2 Å². The summed E-state index contributed by atoms with van der Waals surface area (Å²) in [6, 6.07) is 6.04. The molecular weight excluding hydrogens is 417 g/mol. The van der Waals surface area contributed by atoms with Gasteiger partial charge in [0.25, 0.3) is 0 Å². The van der Waals surface area contributed by atoms with Crippen LogP contribution in [0.5, 0.6) is 0 Å². The van der Waals surface area contributed by atoms with Crippen LogP contribution in [0, 0.1) is 0 Å². The fourth-order valence-corrected chi connectivity index (χ4v) is 2.75. The van der Waals surface area contributed by atoms with Gasteiger partial charge in [-0.05, 0) is 12.1 Å². The summed E-state index contributed by atoms with van der Waals surface area (Å²) in [6.45, 7) is 4.42. The van der Waals surface area contributed by atoms with Crippen LogP contribution in [0.1, 0.15) is 5.82 Å². The maximum atomic E-state index is 4.42. The van der Waals surface area contributed by atoms with E-state index in [1.165, 1.54) is 0 Å². The summed E-state index contributed by atoms with van der Waals surface area (Å²) in [5, 5.41) is 3.40. The molecule has 0 bridgehead atoms. The van der Waals surface area contributed by atoms with Crippen molar-refractivity contribution < 1.29 is 0 Å². The average molecular weight is 441 g/mol. The highest BCUT2D eigenvalue weighted by Gasteiger charge is 2.20. The molecule has 0 aliphatic carbocycles. The van der Waals surface area contributed by atoms with Crippen molar-refractivity contribution >= 4 is 35.8 Å². The van der Waals surface area contributed by atoms with E-state index >= 15 is 0 Å². The molecule has 1 aliphatic rings. The molecule has 0 saturated carbocycles. The zero-order chi connectivity index (χ0) is 16.1. The van der Waals surface area contributed by atoms with Gasteiger partial charge in [0.2, 0.25) is 0 Å². The van der Waals surface area contributed by atoms with Crippen molar-refractivity contribution in [2.75, 3.05) is 38.1 Å². The van der Waals surface area contributed by atoms with Gasteiger partial charge in [-0.15, -0.1) is 24.0 Å². The van der Waals surface area contributed by atoms with E-state index in [0.29, 0.717) is 6.54 Å². The van der Waals surface area contributed by atoms with E-state index in [2.05, 4.69) is 36.1 Å². The topological polar surface area (TPSA) is 61.6 Å². The van der Waals surface area contributed by atoms with Crippen molar-refractivity contribution in [1.82, 2.24) is 24.8 Å². The van der Waals surface area contributed by atoms with Crippen LogP contribution >= 0.6 is 24.0 Å². The third kappa shape index (κ3) is 4.37. The number of hydrogen-bond donors (Lipinski definition) is 1. The Morgan fingerprint density at radius 1 is 1.17 bits per heavy atom. The highest BCUT2D eigenvalue weighted by atomic mass is 127. The zero-order valence-electron chi connectivity index (χ0n) is 14.1. The molecule has 0 atom stereocenters. The number of hydrogen-bond acceptors (Lipinski definition) is 4. The number of piperazine rings is 1. The summed E-state index contributed by atoms with van der Waals surface area (Å²) in [6.07, 6.45) is 5.60. The maximum Gasteiger partial charge on any atom is 0.194 e. The van der Waals surface area contributed by atoms with Gasteiger partial charge >= 0.3 is 0 Å². The molecule has 1 saturated heterocycles. The first-order chi connectivity index (χ1) is 11.3. The predicted molar refractivity (Wildman–Crippen MR) is 107 cm³/mol. The van der Waals surface area contributed by atoms with Gasteiger partial charge in [0.15, 0.2) is 5.96 Å². The van der Waals surface area contributed by atoms with Crippen LogP contribution in [0.3, 0.4) is 0 Å². The molecule has 1 N–H and O–H groups in total. The molecular formula is C16H24IN7. The molecule has 7 nitrogen and oxygen atoms in total. The van der Waals surface area contributed by atoms with Gasteiger partial charge < -0.3 is 19.7 Å². The molecule has 8 heteroatoms. The van der Waals surface area contributed by atoms with Crippen LogP contribution in [0.15, 0.2) is 41.8 Å². The Hall–Kier alpha value is -1.84. The van der Waals surface area contributed by atoms with Gasteiger partial charge in [0.05, 0.1) is 6.54 Å². The first kappa shape index (κ1) is 18.5. The Morgan fingerprint density at radius 2 is 1.96 bits per heavy atom. The van der Waals surface area contributed by atoms with Crippen LogP contribution in [0.2, 0.25) is 0 Å². The minimum Gasteiger partial charge on any atom is -0.353 e. The van der Waals surface area contributed by atoms with Crippen LogP contribution in [-0.4, -0.2) is 58.6 Å². The molecule has 0 radical (unpaired) electrons. The lowest BCUT2D eigenvalue weighted by Gasteiger charge is -2.37. The van der Waals surface area contributed by atoms with Crippen molar-refractivity contribution in [1.29, 1.82) is 0 Å². The lowest BCUT2D eigenvalue weighted by molar-refractivity contribution is 0.370. The average Bonchev–Trinajstić information content (AvgIpc) is 3.02. The van der Waals surface area contributed by atoms with Crippen molar-refractivity contribution in [3.8, 4) is 0 Å². The summed E-state index contributed by atoms with van der Waals surface area (Å²) >= 11 is 0. The van der Waals surface area contributed by atoms with E-state index in [4.69, 9.17) is 0 Å². The van der Waals surface area contributed by atoms with Crippen molar-refractivity contribution in [2.45, 2.75) is 6.54 Å². The number of nitrogens with one attached hydrogen (secondary N) is 1. The molecule has 24 heavy (non-hydrogen) atoms. The Kier molecular flexibility index (Phi) is 6.83. The number of imidazole rings is 1. The van der Waals surface area contributed by atoms with Crippen molar-refractivity contribution in [3.05, 3.63) is 42.6 Å². The molecule has 0 amide bonds. The molecule has 0 aromatic carbocycles. The van der Waals surface area contributed by atoms with Crippen molar-refractivity contribution in [2.24, 2.45) is 12.0 Å². The van der Waals surface area contributed by atoms with E-state index in [0.717, 1.165) is 43.8 Å². The number of aliphatic imine (C=N–C) groups is 1. The second-order valence-corrected chi connectivity index (χ2v) is 5.52. The van der Waals surface area contributed by atoms with Gasteiger partial charge in [0, 0.05) is 58.9 Å². The largest absolute Gasteiger partial charge is 0.353 e. The normalized spacial score (nSPS) is 15.2. The fourth-order valence-electron chi connectivity index (χ4n) is 2.75. The second-order valence-electron chi connectivity index (χ2n) is 5.52. The SMILES string of the molecule is CN=C(NCc1nccn1C)N1CCN(c2ccccn2)CC1.I. The van der Waals surface area contributed by atoms with Gasteiger partial charge in [-0.1, -0.05) is 6.07 Å². The Balaban J connectivity index is 0.00000208. The first-order valence-electron chi connectivity index (χ1n) is 7.85. The van der Waals surface area contributed by atoms with Crippen LogP contribution in [0.4, 0.5) is 5.82 Å². The quantitative estimate of drug-likeness (QED) is 0.443. The molecule has 3 rings (SSSR count). The molecule has 0 spiro atoms. The summed E-state index contributed by atoms with van der Waals surface area (Å²) < 4.78 is 2.01. The number of guanidine groups is 1. The fraction of sp³-hybridized carbons (Fsp3) is 0.438. The molecule has 2 aromatic heterocycles. The third-order valence-corrected chi connectivity index (χ3v) is 4.09. The molecule has 130 valence electrons. The highest BCUT2D eigenvalue weighted by molar-refractivity contribution is 14.0. The summed E-state index contributed by atoms with van der Waals surface area (Å²) in [5.74, 6) is 2.97. The lowest BCUT2D eigenvalue weighted by atomic mass is 10.3. The third-order valence-electron chi connectivity index (χ3n) is 4.09. The Labute approximate surface area is 159 Å². The smallest absolute Gasteiger partial charge is 0.194 e. The zero-order valence-corrected chi connectivity index (χ0v) is 16.4. The monoisotopic (exact) mass is 441 g/mol. The number of aryl methyl sites for hydroxylation is 1. The van der Waals surface area contributed by atoms with E-state index < -0.39 is 0 Å². The standard InChI is InChI=1S/C16H23N7.HI/c1-17-16(20-13-15-19-7-8-21(15)2)23-11-9-22(10-12-23)14-5-3-4-6-18-14;/h3-8H,9-13H2,1-2H3,(H,17,20);1H. The lowest BCUT2D eigenvalue weighted by Crippen LogP contribution is -2.52. The maximum absolute atomic E-state index is 4.42. The summed E-state index contributed by atoms with van der Waals surface area (Å²) in [4.78, 5) is 17.7. The highest BCUT2D eigenvalue weighted by Crippen LogP contribution is 2.12. The Bertz CT molecular complexity index is 647. The minimum absolute atomic E-state index is 0. The molecule has 3 heterocycles. The Morgan fingerprint density at radius 3 is 2.54 bits per heavy atom. The van der Waals surface area contributed by atoms with Gasteiger partial charge in [-0.2, -0.15) is 0 Å². The van der Waals surface area contributed by atoms with Crippen molar-refractivity contribution in [3.63, 3.8) is 0 Å². The molecule has 2 aromatic rings. The number of nitrogens with zero attached hydrogens (tertiary/aromatic N) is 6. The van der Waals surface area contributed by atoms with Crippen LogP contribution in [0.25, 0.3) is 0 Å². The summed E-state index contributed by atoms with van der Waals surface area (Å²) in [5.41, 5.74) is 0. The van der Waals surface area contributed by atoms with E-state index in [-0.39, 0.29) is 24.0 Å². The van der Waals surface area contributed by atoms with E-state index in [1.807, 2.05) is 49.4 Å². The van der Waals surface area contributed by atoms with Crippen LogP contribution in [-0.2, 0) is 13.6 Å². The number of pyridine rings is 1. The predicted octanol–water partition coefficient (Wildman–Crippen LogP) is 1.33. The van der Waals surface area contributed by atoms with Gasteiger partial charge in [-0.3, -0.25) is 4.99 Å². The molecule has 1 aliphatic heterocycles. The minimum atomic E-state index is 0. The molecule has 1 fully saturated rings. The first-order valence-corrected chi connectivity index (χ1v) is 7.85. The number of halogens is 1. The van der Waals surface area contributed by atoms with E-state index in [9.17, 15) is 0 Å². The second kappa shape index (κ2) is 8.86. The number of anilines is 1. The van der Waals surface area contributed by atoms with Gasteiger partial charge in [-0.25, -0.2) is 9.97 Å². The van der Waals surface area contributed by atoms with Gasteiger partial charge in [0.1, 0.15) is 11.6 Å². The number of aromatic nitrogens is 3. The van der Waals surface area contributed by atoms with E-state index in [1.54, 1.807) is 0 Å². The molecule has 0 unspecified atom stereocenters. The number of rotatable bonds is 3.